The predicted octanol–water partition coefficient (Wildman–Crippen LogP) is 2.84. The largest absolute Gasteiger partial charge is 0.375 e. The molecular formula is C15H15N5. The Morgan fingerprint density at radius 1 is 1.10 bits per heavy atom. The lowest BCUT2D eigenvalue weighted by molar-refractivity contribution is 0.817. The standard InChI is InChI=1S/C15H15N5/c1-12(14-11-16-8-9-17-14)19-13-5-2-3-6-15(13)20-10-4-7-18-20/h2-12,19H,1H3. The van der Waals surface area contributed by atoms with Gasteiger partial charge in [-0.2, -0.15) is 5.10 Å². The molecule has 1 atom stereocenters. The molecule has 1 aromatic carbocycles. The smallest absolute Gasteiger partial charge is 0.0877 e. The summed E-state index contributed by atoms with van der Waals surface area (Å²) in [5.41, 5.74) is 2.92. The van der Waals surface area contributed by atoms with Gasteiger partial charge in [0.1, 0.15) is 0 Å². The van der Waals surface area contributed by atoms with Crippen molar-refractivity contribution < 1.29 is 0 Å². The second-order valence-electron chi connectivity index (χ2n) is 4.46. The Hall–Kier alpha value is -2.69. The van der Waals surface area contributed by atoms with Crippen molar-refractivity contribution in [3.63, 3.8) is 0 Å². The van der Waals surface area contributed by atoms with E-state index in [4.69, 9.17) is 0 Å². The van der Waals surface area contributed by atoms with Crippen LogP contribution in [0.5, 0.6) is 0 Å². The number of rotatable bonds is 4. The second kappa shape index (κ2) is 5.52. The van der Waals surface area contributed by atoms with Crippen molar-refractivity contribution in [2.75, 3.05) is 5.32 Å². The molecule has 3 rings (SSSR count). The van der Waals surface area contributed by atoms with Gasteiger partial charge in [0.2, 0.25) is 0 Å². The third-order valence-corrected chi connectivity index (χ3v) is 3.05. The molecule has 0 radical (unpaired) electrons. The van der Waals surface area contributed by atoms with Gasteiger partial charge in [0, 0.05) is 24.8 Å². The highest BCUT2D eigenvalue weighted by molar-refractivity contribution is 5.61. The molecule has 0 saturated heterocycles. The highest BCUT2D eigenvalue weighted by Gasteiger charge is 2.10. The van der Waals surface area contributed by atoms with Crippen molar-refractivity contribution in [2.24, 2.45) is 0 Å². The first-order valence-corrected chi connectivity index (χ1v) is 6.46. The van der Waals surface area contributed by atoms with Crippen LogP contribution in [0.3, 0.4) is 0 Å². The van der Waals surface area contributed by atoms with E-state index in [1.165, 1.54) is 0 Å². The van der Waals surface area contributed by atoms with E-state index in [-0.39, 0.29) is 6.04 Å². The summed E-state index contributed by atoms with van der Waals surface area (Å²) in [4.78, 5) is 8.42. The van der Waals surface area contributed by atoms with E-state index in [0.29, 0.717) is 0 Å². The molecule has 2 aromatic heterocycles. The maximum Gasteiger partial charge on any atom is 0.0877 e. The van der Waals surface area contributed by atoms with Gasteiger partial charge in [-0.3, -0.25) is 9.97 Å². The van der Waals surface area contributed by atoms with Crippen molar-refractivity contribution in [1.29, 1.82) is 0 Å². The molecule has 0 spiro atoms. The van der Waals surface area contributed by atoms with E-state index in [9.17, 15) is 0 Å². The topological polar surface area (TPSA) is 55.6 Å². The molecule has 100 valence electrons. The van der Waals surface area contributed by atoms with Crippen molar-refractivity contribution in [3.8, 4) is 5.69 Å². The molecule has 0 saturated carbocycles. The fourth-order valence-corrected chi connectivity index (χ4v) is 2.05. The summed E-state index contributed by atoms with van der Waals surface area (Å²) in [6, 6.07) is 10.0. The van der Waals surface area contributed by atoms with Crippen LogP contribution in [-0.4, -0.2) is 19.7 Å². The molecule has 1 unspecified atom stereocenters. The molecular weight excluding hydrogens is 250 g/mol. The second-order valence-corrected chi connectivity index (χ2v) is 4.46. The maximum absolute atomic E-state index is 4.32. The van der Waals surface area contributed by atoms with Crippen LogP contribution < -0.4 is 5.32 Å². The number of hydrogen-bond acceptors (Lipinski definition) is 4. The Morgan fingerprint density at radius 2 is 2.00 bits per heavy atom. The van der Waals surface area contributed by atoms with Crippen molar-refractivity contribution in [3.05, 3.63) is 67.0 Å². The Morgan fingerprint density at radius 3 is 2.75 bits per heavy atom. The first-order chi connectivity index (χ1) is 9.84. The normalized spacial score (nSPS) is 12.1. The van der Waals surface area contributed by atoms with E-state index in [1.54, 1.807) is 24.8 Å². The number of para-hydroxylation sites is 2. The van der Waals surface area contributed by atoms with Crippen molar-refractivity contribution in [2.45, 2.75) is 13.0 Å². The Labute approximate surface area is 117 Å². The summed E-state index contributed by atoms with van der Waals surface area (Å²) in [6.07, 6.45) is 8.84. The van der Waals surface area contributed by atoms with E-state index in [1.807, 2.05) is 41.2 Å². The fraction of sp³-hybridized carbons (Fsp3) is 0.133. The van der Waals surface area contributed by atoms with Gasteiger partial charge in [0.25, 0.3) is 0 Å². The molecule has 0 aliphatic carbocycles. The summed E-state index contributed by atoms with van der Waals surface area (Å²) >= 11 is 0. The minimum atomic E-state index is 0.0698. The number of hydrogen-bond donors (Lipinski definition) is 1. The highest BCUT2D eigenvalue weighted by Crippen LogP contribution is 2.23. The number of benzene rings is 1. The average Bonchev–Trinajstić information content (AvgIpc) is 3.03. The molecule has 0 bridgehead atoms. The van der Waals surface area contributed by atoms with Crippen LogP contribution in [0.1, 0.15) is 18.7 Å². The van der Waals surface area contributed by atoms with Gasteiger partial charge >= 0.3 is 0 Å². The Kier molecular flexibility index (Phi) is 3.41. The molecule has 3 aromatic rings. The zero-order chi connectivity index (χ0) is 13.8. The van der Waals surface area contributed by atoms with E-state index < -0.39 is 0 Å². The summed E-state index contributed by atoms with van der Waals surface area (Å²) in [6.45, 7) is 2.06. The monoisotopic (exact) mass is 265 g/mol. The average molecular weight is 265 g/mol. The molecule has 0 aliphatic rings. The molecule has 5 nitrogen and oxygen atoms in total. The SMILES string of the molecule is CC(Nc1ccccc1-n1cccn1)c1cnccn1. The van der Waals surface area contributed by atoms with Crippen LogP contribution in [0.2, 0.25) is 0 Å². The summed E-state index contributed by atoms with van der Waals surface area (Å²) < 4.78 is 1.84. The van der Waals surface area contributed by atoms with Crippen LogP contribution in [0, 0.1) is 0 Å². The van der Waals surface area contributed by atoms with Gasteiger partial charge in [-0.25, -0.2) is 4.68 Å². The summed E-state index contributed by atoms with van der Waals surface area (Å²) in [5.74, 6) is 0. The number of nitrogens with one attached hydrogen (secondary N) is 1. The van der Waals surface area contributed by atoms with Crippen molar-refractivity contribution >= 4 is 5.69 Å². The van der Waals surface area contributed by atoms with Gasteiger partial charge in [0.15, 0.2) is 0 Å². The van der Waals surface area contributed by atoms with Gasteiger partial charge < -0.3 is 5.32 Å². The van der Waals surface area contributed by atoms with Crippen molar-refractivity contribution in [1.82, 2.24) is 19.7 Å². The number of aromatic nitrogens is 4. The first-order valence-electron chi connectivity index (χ1n) is 6.46. The van der Waals surface area contributed by atoms with Crippen LogP contribution >= 0.6 is 0 Å². The van der Waals surface area contributed by atoms with E-state index in [0.717, 1.165) is 17.1 Å². The third-order valence-electron chi connectivity index (χ3n) is 3.05. The molecule has 0 aliphatic heterocycles. The summed E-state index contributed by atoms with van der Waals surface area (Å²) in [5, 5.41) is 7.73. The number of nitrogens with zero attached hydrogens (tertiary/aromatic N) is 4. The predicted molar refractivity (Wildman–Crippen MR) is 77.6 cm³/mol. The summed E-state index contributed by atoms with van der Waals surface area (Å²) in [7, 11) is 0. The van der Waals surface area contributed by atoms with E-state index in [2.05, 4.69) is 27.3 Å². The van der Waals surface area contributed by atoms with Crippen LogP contribution in [0.4, 0.5) is 5.69 Å². The zero-order valence-electron chi connectivity index (χ0n) is 11.1. The molecule has 5 heteroatoms. The Bertz CT molecular complexity index is 664. The third kappa shape index (κ3) is 2.51. The zero-order valence-corrected chi connectivity index (χ0v) is 11.1. The minimum Gasteiger partial charge on any atom is -0.375 e. The van der Waals surface area contributed by atoms with Crippen LogP contribution in [0.25, 0.3) is 5.69 Å². The quantitative estimate of drug-likeness (QED) is 0.788. The lowest BCUT2D eigenvalue weighted by Crippen LogP contribution is -2.11. The Balaban J connectivity index is 1.88. The maximum atomic E-state index is 4.32. The van der Waals surface area contributed by atoms with Gasteiger partial charge in [-0.1, -0.05) is 12.1 Å². The van der Waals surface area contributed by atoms with Gasteiger partial charge in [-0.05, 0) is 25.1 Å². The van der Waals surface area contributed by atoms with Crippen LogP contribution in [-0.2, 0) is 0 Å². The molecule has 0 fully saturated rings. The molecule has 1 N–H and O–H groups in total. The molecule has 2 heterocycles. The van der Waals surface area contributed by atoms with Gasteiger partial charge in [-0.15, -0.1) is 0 Å². The van der Waals surface area contributed by atoms with Gasteiger partial charge in [0.05, 0.1) is 29.3 Å². The lowest BCUT2D eigenvalue weighted by Gasteiger charge is -2.17. The first kappa shape index (κ1) is 12.3. The lowest BCUT2D eigenvalue weighted by atomic mass is 10.2. The number of anilines is 1. The molecule has 20 heavy (non-hydrogen) atoms. The molecule has 0 amide bonds. The van der Waals surface area contributed by atoms with E-state index >= 15 is 0 Å². The van der Waals surface area contributed by atoms with Crippen LogP contribution in [0.15, 0.2) is 61.3 Å². The highest BCUT2D eigenvalue weighted by atomic mass is 15.3. The fourth-order valence-electron chi connectivity index (χ4n) is 2.05. The minimum absolute atomic E-state index is 0.0698.